The molecule has 1 spiro atoms. The summed E-state index contributed by atoms with van der Waals surface area (Å²) in [6.45, 7) is 4.00. The molecule has 2 aromatic heterocycles. The van der Waals surface area contributed by atoms with E-state index in [0.717, 1.165) is 38.8 Å². The second kappa shape index (κ2) is 14.0. The Balaban J connectivity index is 0.00000204. The first-order valence-corrected chi connectivity index (χ1v) is 22.4. The summed E-state index contributed by atoms with van der Waals surface area (Å²) in [5, 5.41) is 9.49. The standard InChI is InChI=1S/C60H35NO.C2H6/c1-2-14-37-34-57-50(31-36(37)13-1)49-32-38(27-30-56(49)62-57)55-29-26-40(35-61-55)59-47-20-5-3-18-45(47)58(46-19-4-6-21-48(46)59)39-25-28-44-43-17-9-12-24-53(43)60(54(44)33-39)51-22-10-7-15-41(51)42-16-8-11-23-52(42)60;1-2/h1-35H;1-2H3. The van der Waals surface area contributed by atoms with E-state index in [9.17, 15) is 0 Å². The monoisotopic (exact) mass is 815 g/mol. The van der Waals surface area contributed by atoms with Crippen LogP contribution in [0.1, 0.15) is 36.1 Å². The van der Waals surface area contributed by atoms with Crippen LogP contribution in [-0.4, -0.2) is 4.98 Å². The molecule has 0 amide bonds. The molecule has 2 nitrogen and oxygen atoms in total. The normalized spacial score (nSPS) is 13.0. The zero-order valence-corrected chi connectivity index (χ0v) is 35.6. The number of hydrogen-bond donors (Lipinski definition) is 0. The summed E-state index contributed by atoms with van der Waals surface area (Å²) in [6, 6.07) is 75.9. The van der Waals surface area contributed by atoms with Gasteiger partial charge in [-0.2, -0.15) is 0 Å². The van der Waals surface area contributed by atoms with Crippen molar-refractivity contribution in [2.75, 3.05) is 0 Å². The molecule has 2 heterocycles. The van der Waals surface area contributed by atoms with Crippen LogP contribution in [0.15, 0.2) is 217 Å². The second-order valence-electron chi connectivity index (χ2n) is 16.9. The van der Waals surface area contributed by atoms with Crippen molar-refractivity contribution in [3.8, 4) is 55.8 Å². The molecule has 0 atom stereocenters. The molecule has 2 heteroatoms. The summed E-state index contributed by atoms with van der Waals surface area (Å²) in [5.74, 6) is 0. The maximum absolute atomic E-state index is 6.32. The number of furan rings is 1. The molecule has 2 aliphatic carbocycles. The average Bonchev–Trinajstić information content (AvgIpc) is 3.98. The fourth-order valence-electron chi connectivity index (χ4n) is 11.3. The van der Waals surface area contributed by atoms with E-state index in [1.165, 1.54) is 93.5 Å². The maximum Gasteiger partial charge on any atom is 0.136 e. The van der Waals surface area contributed by atoms with E-state index in [0.29, 0.717) is 0 Å². The van der Waals surface area contributed by atoms with Gasteiger partial charge >= 0.3 is 0 Å². The highest BCUT2D eigenvalue weighted by atomic mass is 16.3. The van der Waals surface area contributed by atoms with Crippen molar-refractivity contribution in [1.82, 2.24) is 4.98 Å². The van der Waals surface area contributed by atoms with E-state index < -0.39 is 5.41 Å². The lowest BCUT2D eigenvalue weighted by molar-refractivity contribution is 0.669. The van der Waals surface area contributed by atoms with Crippen LogP contribution < -0.4 is 0 Å². The first-order chi connectivity index (χ1) is 31.7. The molecule has 0 saturated heterocycles. The number of rotatable bonds is 3. The SMILES string of the molecule is CC.c1ccc2c(c1)-c1ccccc1C21c2ccccc2-c2ccc(-c3c4ccccc4c(-c4ccc(-c5ccc6oc7cc8ccccc8cc7c6c5)nc4)c4ccccc34)cc21. The zero-order valence-electron chi connectivity index (χ0n) is 35.6. The molecule has 0 aliphatic heterocycles. The van der Waals surface area contributed by atoms with Gasteiger partial charge in [-0.05, 0) is 136 Å². The molecule has 0 N–H and O–H groups in total. The Labute approximate surface area is 371 Å². The van der Waals surface area contributed by atoms with Crippen LogP contribution in [0, 0.1) is 0 Å². The second-order valence-corrected chi connectivity index (χ2v) is 16.9. The number of hydrogen-bond acceptors (Lipinski definition) is 2. The average molecular weight is 816 g/mol. The van der Waals surface area contributed by atoms with Gasteiger partial charge in [0.25, 0.3) is 0 Å². The molecule has 10 aromatic carbocycles. The fraction of sp³-hybridized carbons (Fsp3) is 0.0484. The van der Waals surface area contributed by atoms with E-state index in [1.807, 2.05) is 13.8 Å². The number of nitrogens with zero attached hydrogens (tertiary/aromatic N) is 1. The largest absolute Gasteiger partial charge is 0.456 e. The molecule has 300 valence electrons. The van der Waals surface area contributed by atoms with Gasteiger partial charge in [0.15, 0.2) is 0 Å². The molecule has 0 unspecified atom stereocenters. The van der Waals surface area contributed by atoms with Crippen molar-refractivity contribution in [1.29, 1.82) is 0 Å². The van der Waals surface area contributed by atoms with Crippen molar-refractivity contribution >= 4 is 54.3 Å². The molecule has 0 radical (unpaired) electrons. The summed E-state index contributed by atoms with van der Waals surface area (Å²) in [7, 11) is 0. The fourth-order valence-corrected chi connectivity index (χ4v) is 11.3. The highest BCUT2D eigenvalue weighted by Gasteiger charge is 2.51. The van der Waals surface area contributed by atoms with Crippen LogP contribution >= 0.6 is 0 Å². The first kappa shape index (κ1) is 36.6. The van der Waals surface area contributed by atoms with Crippen LogP contribution in [-0.2, 0) is 5.41 Å². The zero-order chi connectivity index (χ0) is 42.5. The number of benzene rings is 10. The Morgan fingerprint density at radius 3 is 1.39 bits per heavy atom. The Kier molecular flexibility index (Phi) is 7.98. The van der Waals surface area contributed by atoms with Crippen LogP contribution in [0.3, 0.4) is 0 Å². The van der Waals surface area contributed by atoms with Gasteiger partial charge in [-0.3, -0.25) is 4.98 Å². The van der Waals surface area contributed by atoms with Gasteiger partial charge in [-0.15, -0.1) is 0 Å². The van der Waals surface area contributed by atoms with Crippen molar-refractivity contribution in [2.24, 2.45) is 0 Å². The summed E-state index contributed by atoms with van der Waals surface area (Å²) < 4.78 is 6.32. The predicted molar refractivity (Wildman–Crippen MR) is 268 cm³/mol. The third-order valence-electron chi connectivity index (χ3n) is 13.9. The molecular weight excluding hydrogens is 775 g/mol. The number of aromatic nitrogens is 1. The van der Waals surface area contributed by atoms with Gasteiger partial charge in [-0.25, -0.2) is 0 Å². The quantitative estimate of drug-likeness (QED) is 0.166. The van der Waals surface area contributed by atoms with Crippen LogP contribution in [0.25, 0.3) is 110 Å². The minimum absolute atomic E-state index is 0.405. The molecular formula is C62H41NO. The first-order valence-electron chi connectivity index (χ1n) is 22.4. The molecule has 64 heavy (non-hydrogen) atoms. The molecule has 0 bridgehead atoms. The lowest BCUT2D eigenvalue weighted by Gasteiger charge is -2.30. The van der Waals surface area contributed by atoms with Gasteiger partial charge in [0.1, 0.15) is 11.2 Å². The third-order valence-corrected chi connectivity index (χ3v) is 13.9. The molecule has 0 fully saturated rings. The van der Waals surface area contributed by atoms with Gasteiger partial charge < -0.3 is 4.42 Å². The maximum atomic E-state index is 6.32. The smallest absolute Gasteiger partial charge is 0.136 e. The minimum atomic E-state index is -0.405. The van der Waals surface area contributed by atoms with E-state index >= 15 is 0 Å². The lowest BCUT2D eigenvalue weighted by Crippen LogP contribution is -2.25. The van der Waals surface area contributed by atoms with Gasteiger partial charge in [0.05, 0.1) is 11.1 Å². The molecule has 12 aromatic rings. The molecule has 0 saturated carbocycles. The van der Waals surface area contributed by atoms with Gasteiger partial charge in [0, 0.05) is 28.1 Å². The van der Waals surface area contributed by atoms with Crippen molar-refractivity contribution in [3.05, 3.63) is 235 Å². The highest BCUT2D eigenvalue weighted by Crippen LogP contribution is 2.63. The van der Waals surface area contributed by atoms with Crippen LogP contribution in [0.4, 0.5) is 0 Å². The highest BCUT2D eigenvalue weighted by molar-refractivity contribution is 6.21. The van der Waals surface area contributed by atoms with Crippen LogP contribution in [0.2, 0.25) is 0 Å². The summed E-state index contributed by atoms with van der Waals surface area (Å²) in [4.78, 5) is 5.15. The predicted octanol–water partition coefficient (Wildman–Crippen LogP) is 16.8. The van der Waals surface area contributed by atoms with E-state index in [2.05, 4.69) is 212 Å². The number of pyridine rings is 1. The Morgan fingerprint density at radius 1 is 0.344 bits per heavy atom. The Bertz CT molecular complexity index is 3750. The topological polar surface area (TPSA) is 26.0 Å². The lowest BCUT2D eigenvalue weighted by atomic mass is 9.70. The summed E-state index contributed by atoms with van der Waals surface area (Å²) in [5.41, 5.74) is 18.8. The Morgan fingerprint density at radius 2 is 0.812 bits per heavy atom. The van der Waals surface area contributed by atoms with Crippen LogP contribution in [0.5, 0.6) is 0 Å². The Hall–Kier alpha value is -8.07. The van der Waals surface area contributed by atoms with Gasteiger partial charge in [-0.1, -0.05) is 178 Å². The summed E-state index contributed by atoms with van der Waals surface area (Å²) >= 11 is 0. The minimum Gasteiger partial charge on any atom is -0.456 e. The van der Waals surface area contributed by atoms with E-state index in [1.54, 1.807) is 0 Å². The molecule has 2 aliphatic rings. The number of fused-ring (bicyclic) bond motifs is 16. The van der Waals surface area contributed by atoms with Crippen molar-refractivity contribution < 1.29 is 4.42 Å². The molecule has 14 rings (SSSR count). The summed E-state index contributed by atoms with van der Waals surface area (Å²) in [6.07, 6.45) is 2.06. The van der Waals surface area contributed by atoms with Gasteiger partial charge in [0.2, 0.25) is 0 Å². The van der Waals surface area contributed by atoms with E-state index in [-0.39, 0.29) is 0 Å². The van der Waals surface area contributed by atoms with Crippen molar-refractivity contribution in [3.63, 3.8) is 0 Å². The van der Waals surface area contributed by atoms with E-state index in [4.69, 9.17) is 9.40 Å². The van der Waals surface area contributed by atoms with Crippen molar-refractivity contribution in [2.45, 2.75) is 19.3 Å². The third kappa shape index (κ3) is 4.99.